The molecule has 0 atom stereocenters. The third-order valence-corrected chi connectivity index (χ3v) is 4.60. The van der Waals surface area contributed by atoms with Crippen molar-refractivity contribution in [3.05, 3.63) is 35.4 Å². The molecule has 0 aromatic heterocycles. The first kappa shape index (κ1) is 15.2. The predicted octanol–water partition coefficient (Wildman–Crippen LogP) is 3.08. The van der Waals surface area contributed by atoms with E-state index in [1.165, 1.54) is 12.1 Å². The van der Waals surface area contributed by atoms with Gasteiger partial charge in [0.2, 0.25) is 0 Å². The highest BCUT2D eigenvalue weighted by Gasteiger charge is 2.30. The van der Waals surface area contributed by atoms with Crippen LogP contribution in [0.4, 0.5) is 13.2 Å². The lowest BCUT2D eigenvalue weighted by Crippen LogP contribution is -2.26. The molecule has 1 aromatic rings. The Morgan fingerprint density at radius 1 is 1.00 bits per heavy atom. The summed E-state index contributed by atoms with van der Waals surface area (Å²) in [6, 6.07) is 5.75. The van der Waals surface area contributed by atoms with E-state index in [0.717, 1.165) is 17.7 Å². The first-order valence-electron chi connectivity index (χ1n) is 5.86. The van der Waals surface area contributed by atoms with E-state index in [9.17, 15) is 13.2 Å². The summed E-state index contributed by atoms with van der Waals surface area (Å²) in [5.74, 6) is 0. The van der Waals surface area contributed by atoms with Crippen molar-refractivity contribution in [2.45, 2.75) is 26.1 Å². The van der Waals surface area contributed by atoms with Crippen LogP contribution >= 0.6 is 0 Å². The van der Waals surface area contributed by atoms with Crippen molar-refractivity contribution in [3.8, 4) is 0 Å². The number of hydrogen-bond acceptors (Lipinski definition) is 2. The molecule has 0 spiro atoms. The van der Waals surface area contributed by atoms with Gasteiger partial charge in [0.25, 0.3) is 0 Å². The van der Waals surface area contributed by atoms with Gasteiger partial charge in [-0.05, 0) is 31.5 Å². The normalized spacial score (nSPS) is 12.1. The van der Waals surface area contributed by atoms with Crippen molar-refractivity contribution in [1.29, 1.82) is 0 Å². The van der Waals surface area contributed by atoms with E-state index >= 15 is 0 Å². The number of rotatable bonds is 6. The van der Waals surface area contributed by atoms with Crippen LogP contribution in [0.5, 0.6) is 0 Å². The molecular formula is C12H17F3O2Si. The van der Waals surface area contributed by atoms with Gasteiger partial charge in [-0.3, -0.25) is 0 Å². The molecule has 102 valence electrons. The summed E-state index contributed by atoms with van der Waals surface area (Å²) < 4.78 is 48.1. The van der Waals surface area contributed by atoms with Gasteiger partial charge < -0.3 is 8.85 Å². The molecule has 0 fully saturated rings. The summed E-state index contributed by atoms with van der Waals surface area (Å²) >= 11 is 0. The molecule has 0 unspecified atom stereocenters. The summed E-state index contributed by atoms with van der Waals surface area (Å²) in [5.41, 5.74) is 0.193. The smallest absolute Gasteiger partial charge is 0.397 e. The summed E-state index contributed by atoms with van der Waals surface area (Å²) in [6.07, 6.45) is -4.28. The highest BCUT2D eigenvalue weighted by atomic mass is 28.3. The van der Waals surface area contributed by atoms with Gasteiger partial charge in [-0.25, -0.2) is 0 Å². The Morgan fingerprint density at radius 2 is 1.50 bits per heavy atom. The molecule has 1 rings (SSSR count). The topological polar surface area (TPSA) is 18.5 Å². The van der Waals surface area contributed by atoms with Crippen LogP contribution in [0.2, 0.25) is 0 Å². The zero-order chi connectivity index (χ0) is 13.6. The number of benzene rings is 1. The van der Waals surface area contributed by atoms with Crippen LogP contribution in [0.25, 0.3) is 0 Å². The van der Waals surface area contributed by atoms with Crippen molar-refractivity contribution >= 4 is 9.28 Å². The van der Waals surface area contributed by atoms with E-state index < -0.39 is 21.0 Å². The van der Waals surface area contributed by atoms with Gasteiger partial charge in [-0.15, -0.1) is 0 Å². The third kappa shape index (κ3) is 4.79. The second kappa shape index (κ2) is 6.91. The minimum absolute atomic E-state index is 0.567. The molecule has 0 N–H and O–H groups in total. The van der Waals surface area contributed by atoms with Gasteiger partial charge in [0, 0.05) is 19.3 Å². The van der Waals surface area contributed by atoms with Crippen LogP contribution in [-0.2, 0) is 21.1 Å². The Balaban J connectivity index is 2.67. The number of hydrogen-bond donors (Lipinski definition) is 0. The van der Waals surface area contributed by atoms with Crippen LogP contribution in [-0.4, -0.2) is 22.5 Å². The summed E-state index contributed by atoms with van der Waals surface area (Å²) in [6.45, 7) is 4.90. The van der Waals surface area contributed by atoms with Gasteiger partial charge in [-0.1, -0.05) is 12.1 Å². The van der Waals surface area contributed by atoms with Crippen LogP contribution < -0.4 is 0 Å². The maximum absolute atomic E-state index is 12.4. The fourth-order valence-electron chi connectivity index (χ4n) is 1.56. The van der Waals surface area contributed by atoms with Gasteiger partial charge in [0.05, 0.1) is 5.56 Å². The standard InChI is InChI=1S/C12H17F3O2Si/c1-3-16-18(17-4-2)9-10-5-7-11(8-6-10)12(13,14)15/h5-8,18H,3-4,9H2,1-2H3. The molecule has 0 saturated heterocycles. The second-order valence-corrected chi connectivity index (χ2v) is 5.67. The fraction of sp³-hybridized carbons (Fsp3) is 0.500. The zero-order valence-corrected chi connectivity index (χ0v) is 11.6. The lowest BCUT2D eigenvalue weighted by atomic mass is 10.1. The Hall–Kier alpha value is -0.853. The molecule has 0 aliphatic heterocycles. The summed E-state index contributed by atoms with van der Waals surface area (Å²) in [4.78, 5) is 0. The van der Waals surface area contributed by atoms with Gasteiger partial charge in [-0.2, -0.15) is 13.2 Å². The Bertz CT molecular complexity index is 345. The molecule has 0 radical (unpaired) electrons. The predicted molar refractivity (Wildman–Crippen MR) is 65.5 cm³/mol. The fourth-order valence-corrected chi connectivity index (χ4v) is 3.29. The molecule has 0 bridgehead atoms. The first-order chi connectivity index (χ1) is 8.47. The molecule has 0 aliphatic rings. The zero-order valence-electron chi connectivity index (χ0n) is 10.5. The molecule has 0 saturated carbocycles. The van der Waals surface area contributed by atoms with Crippen molar-refractivity contribution in [1.82, 2.24) is 0 Å². The van der Waals surface area contributed by atoms with E-state index in [1.54, 1.807) is 0 Å². The Kier molecular flexibility index (Phi) is 5.84. The van der Waals surface area contributed by atoms with Crippen LogP contribution in [0.15, 0.2) is 24.3 Å². The minimum atomic E-state index is -4.28. The summed E-state index contributed by atoms with van der Waals surface area (Å²) in [7, 11) is -1.80. The molecule has 2 nitrogen and oxygen atoms in total. The van der Waals surface area contributed by atoms with Crippen molar-refractivity contribution in [2.24, 2.45) is 0 Å². The molecule has 18 heavy (non-hydrogen) atoms. The minimum Gasteiger partial charge on any atom is -0.397 e. The monoisotopic (exact) mass is 278 g/mol. The maximum atomic E-state index is 12.4. The van der Waals surface area contributed by atoms with Gasteiger partial charge >= 0.3 is 15.5 Å². The van der Waals surface area contributed by atoms with Crippen LogP contribution in [0.1, 0.15) is 25.0 Å². The van der Waals surface area contributed by atoms with E-state index in [1.807, 2.05) is 13.8 Å². The quantitative estimate of drug-likeness (QED) is 0.745. The van der Waals surface area contributed by atoms with Gasteiger partial charge in [0.15, 0.2) is 0 Å². The van der Waals surface area contributed by atoms with Gasteiger partial charge in [0.1, 0.15) is 0 Å². The maximum Gasteiger partial charge on any atom is 0.416 e. The van der Waals surface area contributed by atoms with Crippen molar-refractivity contribution < 1.29 is 22.0 Å². The molecule has 0 amide bonds. The van der Waals surface area contributed by atoms with Crippen LogP contribution in [0.3, 0.4) is 0 Å². The molecule has 6 heteroatoms. The lowest BCUT2D eigenvalue weighted by Gasteiger charge is -2.15. The third-order valence-electron chi connectivity index (χ3n) is 2.39. The van der Waals surface area contributed by atoms with E-state index in [-0.39, 0.29) is 0 Å². The lowest BCUT2D eigenvalue weighted by molar-refractivity contribution is -0.137. The molecule has 0 aliphatic carbocycles. The average Bonchev–Trinajstić information content (AvgIpc) is 2.29. The highest BCUT2D eigenvalue weighted by molar-refractivity contribution is 6.43. The van der Waals surface area contributed by atoms with E-state index in [0.29, 0.717) is 19.3 Å². The molecule has 1 aromatic carbocycles. The van der Waals surface area contributed by atoms with Crippen LogP contribution in [0, 0.1) is 0 Å². The Morgan fingerprint density at radius 3 is 1.89 bits per heavy atom. The average molecular weight is 278 g/mol. The first-order valence-corrected chi connectivity index (χ1v) is 7.62. The molecule has 0 heterocycles. The highest BCUT2D eigenvalue weighted by Crippen LogP contribution is 2.29. The second-order valence-electron chi connectivity index (χ2n) is 3.74. The summed E-state index contributed by atoms with van der Waals surface area (Å²) in [5, 5.41) is 0. The SMILES string of the molecule is CCO[SiH](Cc1ccc(C(F)(F)F)cc1)OCC. The number of alkyl halides is 3. The van der Waals surface area contributed by atoms with E-state index in [4.69, 9.17) is 8.85 Å². The number of halogens is 3. The molecular weight excluding hydrogens is 261 g/mol. The van der Waals surface area contributed by atoms with Crippen molar-refractivity contribution in [2.75, 3.05) is 13.2 Å². The Labute approximate surface area is 107 Å². The largest absolute Gasteiger partial charge is 0.416 e. The van der Waals surface area contributed by atoms with Crippen molar-refractivity contribution in [3.63, 3.8) is 0 Å². The van der Waals surface area contributed by atoms with E-state index in [2.05, 4.69) is 0 Å².